The quantitative estimate of drug-likeness (QED) is 0.226. The van der Waals surface area contributed by atoms with E-state index in [4.69, 9.17) is 32.7 Å². The molecule has 0 fully saturated rings. The SMILES string of the molecule is CCCCC(=O)Oc1cc(Cl)c(Oc2ccc(NC(=O)c3ccc(F)cc3)c(Br)c2)c(Cl)c1. The number of amides is 1. The molecule has 0 aromatic heterocycles. The van der Waals surface area contributed by atoms with Gasteiger partial charge in [-0.2, -0.15) is 0 Å². The van der Waals surface area contributed by atoms with Crippen LogP contribution in [0.4, 0.5) is 10.1 Å². The maximum absolute atomic E-state index is 13.0. The number of unbranched alkanes of at least 4 members (excludes halogenated alkanes) is 1. The number of carbonyl (C=O) groups excluding carboxylic acids is 2. The molecule has 0 bridgehead atoms. The average molecular weight is 555 g/mol. The van der Waals surface area contributed by atoms with E-state index in [0.29, 0.717) is 27.9 Å². The van der Waals surface area contributed by atoms with Gasteiger partial charge in [-0.05, 0) is 64.8 Å². The number of rotatable bonds is 8. The van der Waals surface area contributed by atoms with Crippen LogP contribution in [0.2, 0.25) is 10.0 Å². The zero-order valence-electron chi connectivity index (χ0n) is 17.5. The van der Waals surface area contributed by atoms with Gasteiger partial charge in [-0.1, -0.05) is 36.5 Å². The molecule has 3 aromatic carbocycles. The summed E-state index contributed by atoms with van der Waals surface area (Å²) in [6.07, 6.45) is 1.92. The summed E-state index contributed by atoms with van der Waals surface area (Å²) in [4.78, 5) is 24.2. The molecule has 1 N–H and O–H groups in total. The van der Waals surface area contributed by atoms with Crippen molar-refractivity contribution < 1.29 is 23.5 Å². The highest BCUT2D eigenvalue weighted by Gasteiger charge is 2.15. The van der Waals surface area contributed by atoms with Gasteiger partial charge in [0.2, 0.25) is 0 Å². The van der Waals surface area contributed by atoms with Gasteiger partial charge in [-0.25, -0.2) is 4.39 Å². The molecule has 0 unspecified atom stereocenters. The van der Waals surface area contributed by atoms with Gasteiger partial charge in [0.05, 0.1) is 15.7 Å². The molecule has 3 aromatic rings. The Morgan fingerprint density at radius 2 is 1.67 bits per heavy atom. The van der Waals surface area contributed by atoms with Gasteiger partial charge in [0, 0.05) is 28.6 Å². The second kappa shape index (κ2) is 11.5. The summed E-state index contributed by atoms with van der Waals surface area (Å²) < 4.78 is 24.7. The Morgan fingerprint density at radius 1 is 1.00 bits per heavy atom. The van der Waals surface area contributed by atoms with E-state index in [-0.39, 0.29) is 33.4 Å². The molecule has 5 nitrogen and oxygen atoms in total. The molecule has 0 spiro atoms. The van der Waals surface area contributed by atoms with Crippen molar-refractivity contribution in [3.05, 3.63) is 80.5 Å². The molecule has 0 saturated carbocycles. The summed E-state index contributed by atoms with van der Waals surface area (Å²) in [5.74, 6) is -0.341. The summed E-state index contributed by atoms with van der Waals surface area (Å²) in [6.45, 7) is 1.98. The molecule has 0 heterocycles. The van der Waals surface area contributed by atoms with Crippen molar-refractivity contribution in [2.24, 2.45) is 0 Å². The van der Waals surface area contributed by atoms with E-state index in [1.807, 2.05) is 6.92 Å². The van der Waals surface area contributed by atoms with Gasteiger partial charge < -0.3 is 14.8 Å². The summed E-state index contributed by atoms with van der Waals surface area (Å²) in [5, 5.41) is 3.08. The third-order valence-corrected chi connectivity index (χ3v) is 5.67. The van der Waals surface area contributed by atoms with E-state index < -0.39 is 5.82 Å². The van der Waals surface area contributed by atoms with Crippen LogP contribution in [-0.2, 0) is 4.79 Å². The third-order valence-electron chi connectivity index (χ3n) is 4.45. The number of carbonyl (C=O) groups is 2. The van der Waals surface area contributed by atoms with Crippen molar-refractivity contribution >= 4 is 56.7 Å². The predicted molar refractivity (Wildman–Crippen MR) is 130 cm³/mol. The van der Waals surface area contributed by atoms with Gasteiger partial charge in [-0.3, -0.25) is 9.59 Å². The van der Waals surface area contributed by atoms with Crippen LogP contribution in [-0.4, -0.2) is 11.9 Å². The Morgan fingerprint density at radius 3 is 2.27 bits per heavy atom. The summed E-state index contributed by atoms with van der Waals surface area (Å²) in [7, 11) is 0. The molecule has 0 atom stereocenters. The van der Waals surface area contributed by atoms with Crippen molar-refractivity contribution in [1.82, 2.24) is 0 Å². The lowest BCUT2D eigenvalue weighted by Crippen LogP contribution is -2.12. The van der Waals surface area contributed by atoms with Crippen LogP contribution in [0.3, 0.4) is 0 Å². The normalized spacial score (nSPS) is 10.6. The molecule has 3 rings (SSSR count). The topological polar surface area (TPSA) is 64.6 Å². The Balaban J connectivity index is 1.71. The number of nitrogens with one attached hydrogen (secondary N) is 1. The highest BCUT2D eigenvalue weighted by molar-refractivity contribution is 9.10. The lowest BCUT2D eigenvalue weighted by atomic mass is 10.2. The van der Waals surface area contributed by atoms with Crippen LogP contribution >= 0.6 is 39.1 Å². The maximum Gasteiger partial charge on any atom is 0.311 e. The number of hydrogen-bond acceptors (Lipinski definition) is 4. The standard InChI is InChI=1S/C24H19BrCl2FNO4/c1-2-3-4-22(30)32-17-12-19(26)23(20(27)13-17)33-16-9-10-21(18(25)11-16)29-24(31)14-5-7-15(28)8-6-14/h5-13H,2-4H2,1H3,(H,29,31). The first-order valence-electron chi connectivity index (χ1n) is 10.0. The number of esters is 1. The van der Waals surface area contributed by atoms with E-state index in [9.17, 15) is 14.0 Å². The van der Waals surface area contributed by atoms with Crippen molar-refractivity contribution in [3.8, 4) is 17.2 Å². The van der Waals surface area contributed by atoms with Crippen molar-refractivity contribution in [1.29, 1.82) is 0 Å². The average Bonchev–Trinajstić information content (AvgIpc) is 2.77. The molecule has 0 radical (unpaired) electrons. The molecule has 0 aliphatic carbocycles. The van der Waals surface area contributed by atoms with Gasteiger partial charge in [0.15, 0.2) is 5.75 Å². The zero-order valence-corrected chi connectivity index (χ0v) is 20.6. The fraction of sp³-hybridized carbons (Fsp3) is 0.167. The smallest absolute Gasteiger partial charge is 0.311 e. The second-order valence-corrected chi connectivity index (χ2v) is 8.67. The van der Waals surface area contributed by atoms with E-state index in [1.54, 1.807) is 18.2 Å². The molecule has 33 heavy (non-hydrogen) atoms. The Kier molecular flexibility index (Phi) is 8.72. The van der Waals surface area contributed by atoms with E-state index in [2.05, 4.69) is 21.2 Å². The lowest BCUT2D eigenvalue weighted by molar-refractivity contribution is -0.134. The van der Waals surface area contributed by atoms with Crippen LogP contribution in [0.5, 0.6) is 17.2 Å². The van der Waals surface area contributed by atoms with Gasteiger partial charge in [0.25, 0.3) is 5.91 Å². The zero-order chi connectivity index (χ0) is 24.0. The van der Waals surface area contributed by atoms with Crippen LogP contribution in [0.1, 0.15) is 36.5 Å². The highest BCUT2D eigenvalue weighted by Crippen LogP contribution is 2.40. The van der Waals surface area contributed by atoms with E-state index in [0.717, 1.165) is 12.8 Å². The van der Waals surface area contributed by atoms with Crippen LogP contribution in [0.25, 0.3) is 0 Å². The summed E-state index contributed by atoms with van der Waals surface area (Å²) in [5.41, 5.74) is 0.806. The third kappa shape index (κ3) is 6.93. The number of benzene rings is 3. The molecular weight excluding hydrogens is 536 g/mol. The first-order valence-corrected chi connectivity index (χ1v) is 11.6. The van der Waals surface area contributed by atoms with Crippen molar-refractivity contribution in [2.45, 2.75) is 26.2 Å². The summed E-state index contributed by atoms with van der Waals surface area (Å²) in [6, 6.07) is 13.0. The number of ether oxygens (including phenoxy) is 2. The molecule has 9 heteroatoms. The molecule has 172 valence electrons. The maximum atomic E-state index is 13.0. The Hall–Kier alpha value is -2.61. The molecule has 1 amide bonds. The van der Waals surface area contributed by atoms with Gasteiger partial charge in [0.1, 0.15) is 17.3 Å². The molecule has 0 aliphatic heterocycles. The van der Waals surface area contributed by atoms with Crippen LogP contribution in [0, 0.1) is 5.82 Å². The Labute approximate surface area is 208 Å². The Bertz CT molecular complexity index is 1150. The minimum Gasteiger partial charge on any atom is -0.454 e. The highest BCUT2D eigenvalue weighted by atomic mass is 79.9. The fourth-order valence-electron chi connectivity index (χ4n) is 2.77. The number of anilines is 1. The first kappa shape index (κ1) is 25.0. The van der Waals surface area contributed by atoms with E-state index in [1.165, 1.54) is 36.4 Å². The molecule has 0 saturated heterocycles. The molecule has 0 aliphatic rings. The lowest BCUT2D eigenvalue weighted by Gasteiger charge is -2.13. The van der Waals surface area contributed by atoms with Crippen molar-refractivity contribution in [3.63, 3.8) is 0 Å². The first-order chi connectivity index (χ1) is 15.8. The number of hydrogen-bond donors (Lipinski definition) is 1. The predicted octanol–water partition coefficient (Wildman–Crippen LogP) is 8.04. The second-order valence-electron chi connectivity index (χ2n) is 7.00. The largest absolute Gasteiger partial charge is 0.454 e. The summed E-state index contributed by atoms with van der Waals surface area (Å²) >= 11 is 16.0. The minimum atomic E-state index is -0.422. The fourth-order valence-corrected chi connectivity index (χ4v) is 3.77. The number of halogens is 4. The minimum absolute atomic E-state index is 0.172. The van der Waals surface area contributed by atoms with Crippen LogP contribution in [0.15, 0.2) is 59.1 Å². The van der Waals surface area contributed by atoms with Crippen molar-refractivity contribution in [2.75, 3.05) is 5.32 Å². The van der Waals surface area contributed by atoms with Gasteiger partial charge in [-0.15, -0.1) is 0 Å². The van der Waals surface area contributed by atoms with Gasteiger partial charge >= 0.3 is 5.97 Å². The van der Waals surface area contributed by atoms with E-state index >= 15 is 0 Å². The van der Waals surface area contributed by atoms with Crippen LogP contribution < -0.4 is 14.8 Å². The molecular formula is C24H19BrCl2FNO4. The monoisotopic (exact) mass is 553 g/mol.